The number of carbonyl (C=O) groups is 2. The van der Waals surface area contributed by atoms with Gasteiger partial charge in [0, 0.05) is 11.6 Å². The van der Waals surface area contributed by atoms with Crippen LogP contribution in [0.3, 0.4) is 0 Å². The van der Waals surface area contributed by atoms with Crippen LogP contribution < -0.4 is 0 Å². The van der Waals surface area contributed by atoms with Crippen molar-refractivity contribution >= 4 is 17.5 Å². The van der Waals surface area contributed by atoms with E-state index in [0.717, 1.165) is 5.56 Å². The summed E-state index contributed by atoms with van der Waals surface area (Å²) in [6, 6.07) is 6.96. The number of aliphatic carboxylic acids is 1. The van der Waals surface area contributed by atoms with Gasteiger partial charge in [0.2, 0.25) is 0 Å². The van der Waals surface area contributed by atoms with E-state index in [4.69, 9.17) is 5.11 Å². The third-order valence-corrected chi connectivity index (χ3v) is 2.35. The standard InChI is InChI=1S/C13H14O4/c1-8(2)9-3-5-10(6-4-9)11(14)7-12(15)13(16)17/h3-8,14H,1-2H3,(H,16,17)/b11-7-. The van der Waals surface area contributed by atoms with E-state index in [1.54, 1.807) is 12.1 Å². The van der Waals surface area contributed by atoms with Crippen LogP contribution in [-0.4, -0.2) is 22.0 Å². The zero-order valence-corrected chi connectivity index (χ0v) is 9.68. The number of aliphatic hydroxyl groups excluding tert-OH is 1. The molecule has 1 aromatic rings. The van der Waals surface area contributed by atoms with Crippen LogP contribution in [0.4, 0.5) is 0 Å². The highest BCUT2D eigenvalue weighted by atomic mass is 16.4. The molecule has 1 rings (SSSR count). The van der Waals surface area contributed by atoms with Gasteiger partial charge in [-0.1, -0.05) is 38.1 Å². The number of hydrogen-bond acceptors (Lipinski definition) is 3. The number of ketones is 1. The van der Waals surface area contributed by atoms with Crippen molar-refractivity contribution in [2.24, 2.45) is 0 Å². The summed E-state index contributed by atoms with van der Waals surface area (Å²) < 4.78 is 0. The molecule has 0 spiro atoms. The fraction of sp³-hybridized carbons (Fsp3) is 0.231. The van der Waals surface area contributed by atoms with E-state index in [1.165, 1.54) is 0 Å². The molecule has 4 heteroatoms. The van der Waals surface area contributed by atoms with Gasteiger partial charge in [-0.05, 0) is 11.5 Å². The second-order valence-electron chi connectivity index (χ2n) is 3.98. The molecule has 0 fully saturated rings. The monoisotopic (exact) mass is 234 g/mol. The second-order valence-corrected chi connectivity index (χ2v) is 3.98. The Morgan fingerprint density at radius 3 is 2.06 bits per heavy atom. The Hall–Kier alpha value is -2.10. The zero-order valence-electron chi connectivity index (χ0n) is 9.68. The van der Waals surface area contributed by atoms with Crippen LogP contribution >= 0.6 is 0 Å². The molecule has 0 aliphatic heterocycles. The number of aliphatic hydroxyl groups is 1. The van der Waals surface area contributed by atoms with Crippen molar-refractivity contribution in [1.29, 1.82) is 0 Å². The smallest absolute Gasteiger partial charge is 0.376 e. The summed E-state index contributed by atoms with van der Waals surface area (Å²) in [5.74, 6) is -2.70. The summed E-state index contributed by atoms with van der Waals surface area (Å²) in [7, 11) is 0. The van der Waals surface area contributed by atoms with Crippen molar-refractivity contribution in [3.63, 3.8) is 0 Å². The highest BCUT2D eigenvalue weighted by Gasteiger charge is 2.10. The minimum absolute atomic E-state index is 0.340. The minimum Gasteiger partial charge on any atom is -0.507 e. The first-order valence-corrected chi connectivity index (χ1v) is 5.20. The Bertz CT molecular complexity index is 455. The van der Waals surface area contributed by atoms with E-state index in [1.807, 2.05) is 26.0 Å². The van der Waals surface area contributed by atoms with Crippen molar-refractivity contribution in [1.82, 2.24) is 0 Å². The van der Waals surface area contributed by atoms with Gasteiger partial charge in [-0.15, -0.1) is 0 Å². The van der Waals surface area contributed by atoms with Gasteiger partial charge < -0.3 is 10.2 Å². The number of hydrogen-bond donors (Lipinski definition) is 2. The zero-order chi connectivity index (χ0) is 13.0. The summed E-state index contributed by atoms with van der Waals surface area (Å²) >= 11 is 0. The van der Waals surface area contributed by atoms with E-state index in [-0.39, 0.29) is 5.76 Å². The van der Waals surface area contributed by atoms with Gasteiger partial charge in [-0.3, -0.25) is 4.79 Å². The lowest BCUT2D eigenvalue weighted by atomic mass is 10.0. The first-order chi connectivity index (χ1) is 7.91. The molecule has 4 nitrogen and oxygen atoms in total. The van der Waals surface area contributed by atoms with Crippen molar-refractivity contribution in [3.05, 3.63) is 41.5 Å². The normalized spacial score (nSPS) is 11.6. The van der Waals surface area contributed by atoms with Gasteiger partial charge >= 0.3 is 5.97 Å². The second kappa shape index (κ2) is 5.30. The number of carboxylic acid groups (broad SMARTS) is 1. The molecule has 0 aromatic heterocycles. The maximum atomic E-state index is 10.9. The van der Waals surface area contributed by atoms with Gasteiger partial charge in [0.05, 0.1) is 0 Å². The van der Waals surface area contributed by atoms with E-state index in [9.17, 15) is 14.7 Å². The molecular weight excluding hydrogens is 220 g/mol. The molecule has 0 saturated heterocycles. The third kappa shape index (κ3) is 3.45. The summed E-state index contributed by atoms with van der Waals surface area (Å²) in [6.07, 6.45) is 0.701. The molecule has 0 amide bonds. The SMILES string of the molecule is CC(C)c1ccc(/C(O)=C/C(=O)C(=O)O)cc1. The van der Waals surface area contributed by atoms with E-state index < -0.39 is 11.8 Å². The van der Waals surface area contributed by atoms with Crippen LogP contribution in [0, 0.1) is 0 Å². The molecule has 0 unspecified atom stereocenters. The predicted octanol–water partition coefficient (Wildman–Crippen LogP) is 2.36. The minimum atomic E-state index is -1.59. The molecule has 0 saturated carbocycles. The van der Waals surface area contributed by atoms with Gasteiger partial charge in [0.25, 0.3) is 5.78 Å². The third-order valence-electron chi connectivity index (χ3n) is 2.35. The molecule has 0 bridgehead atoms. The fourth-order valence-electron chi connectivity index (χ4n) is 1.31. The Morgan fingerprint density at radius 1 is 1.12 bits per heavy atom. The van der Waals surface area contributed by atoms with Gasteiger partial charge in [0.1, 0.15) is 5.76 Å². The van der Waals surface area contributed by atoms with E-state index in [2.05, 4.69) is 0 Å². The van der Waals surface area contributed by atoms with Crippen LogP contribution in [0.1, 0.15) is 30.9 Å². The number of benzene rings is 1. The molecule has 0 heterocycles. The number of rotatable bonds is 4. The van der Waals surface area contributed by atoms with Crippen LogP contribution in [0.5, 0.6) is 0 Å². The first-order valence-electron chi connectivity index (χ1n) is 5.20. The Labute approximate surface area is 99.2 Å². The average Bonchev–Trinajstić information content (AvgIpc) is 2.28. The van der Waals surface area contributed by atoms with Gasteiger partial charge in [-0.2, -0.15) is 0 Å². The van der Waals surface area contributed by atoms with Crippen LogP contribution in [0.25, 0.3) is 5.76 Å². The lowest BCUT2D eigenvalue weighted by Gasteiger charge is -2.06. The summed E-state index contributed by atoms with van der Waals surface area (Å²) in [5.41, 5.74) is 1.52. The van der Waals surface area contributed by atoms with Crippen LogP contribution in [-0.2, 0) is 9.59 Å². The van der Waals surface area contributed by atoms with Gasteiger partial charge in [-0.25, -0.2) is 4.79 Å². The van der Waals surface area contributed by atoms with E-state index >= 15 is 0 Å². The molecule has 0 atom stereocenters. The Morgan fingerprint density at radius 2 is 1.65 bits per heavy atom. The van der Waals surface area contributed by atoms with Gasteiger partial charge in [0.15, 0.2) is 0 Å². The van der Waals surface area contributed by atoms with Crippen LogP contribution in [0.2, 0.25) is 0 Å². The molecule has 17 heavy (non-hydrogen) atoms. The lowest BCUT2D eigenvalue weighted by molar-refractivity contribution is -0.146. The topological polar surface area (TPSA) is 74.6 Å². The molecule has 0 aliphatic carbocycles. The molecule has 1 aromatic carbocycles. The summed E-state index contributed by atoms with van der Waals surface area (Å²) in [4.78, 5) is 21.2. The highest BCUT2D eigenvalue weighted by Crippen LogP contribution is 2.18. The molecular formula is C13H14O4. The maximum Gasteiger partial charge on any atom is 0.376 e. The average molecular weight is 234 g/mol. The van der Waals surface area contributed by atoms with Crippen molar-refractivity contribution in [2.75, 3.05) is 0 Å². The molecule has 2 N–H and O–H groups in total. The van der Waals surface area contributed by atoms with E-state index in [0.29, 0.717) is 17.6 Å². The van der Waals surface area contributed by atoms with Crippen molar-refractivity contribution in [2.45, 2.75) is 19.8 Å². The molecule has 90 valence electrons. The summed E-state index contributed by atoms with van der Waals surface area (Å²) in [6.45, 7) is 4.08. The predicted molar refractivity (Wildman–Crippen MR) is 63.8 cm³/mol. The van der Waals surface area contributed by atoms with Crippen LogP contribution in [0.15, 0.2) is 30.3 Å². The Kier molecular flexibility index (Phi) is 4.04. The maximum absolute atomic E-state index is 10.9. The highest BCUT2D eigenvalue weighted by molar-refractivity contribution is 6.38. The molecule has 0 aliphatic rings. The quantitative estimate of drug-likeness (QED) is 0.476. The molecule has 0 radical (unpaired) electrons. The largest absolute Gasteiger partial charge is 0.507 e. The van der Waals surface area contributed by atoms with Crippen molar-refractivity contribution < 1.29 is 19.8 Å². The number of carboxylic acids is 1. The summed E-state index contributed by atoms with van der Waals surface area (Å²) in [5, 5.41) is 17.9. The fourth-order valence-corrected chi connectivity index (χ4v) is 1.31. The number of carbonyl (C=O) groups excluding carboxylic acids is 1. The first kappa shape index (κ1) is 13.0. The lowest BCUT2D eigenvalue weighted by Crippen LogP contribution is -2.09. The Balaban J connectivity index is 2.94. The van der Waals surface area contributed by atoms with Crippen molar-refractivity contribution in [3.8, 4) is 0 Å².